The van der Waals surface area contributed by atoms with Gasteiger partial charge in [-0.15, -0.1) is 0 Å². The highest BCUT2D eigenvalue weighted by Crippen LogP contribution is 2.51. The molecule has 228 valence electrons. The first-order valence-electron chi connectivity index (χ1n) is 16.3. The van der Waals surface area contributed by atoms with E-state index in [2.05, 4.69) is 17.2 Å². The van der Waals surface area contributed by atoms with Gasteiger partial charge in [-0.25, -0.2) is 0 Å². The van der Waals surface area contributed by atoms with Crippen molar-refractivity contribution >= 4 is 11.6 Å². The molecule has 0 amide bonds. The molecule has 1 aliphatic heterocycles. The fraction of sp³-hybridized carbons (Fsp3) is 0.714. The standard InChI is InChI=1S/C35H47NO6/c1-42-32-16-24-5-9-33(40)35(12-10-21(3-2-14-37)29(24)19-31(32)39)13-11-23(17-34(35)41)22-4-7-27-25(15-22)20-36-30-18-26(38)6-8-28(27)30/h16,19,21-23,25,27-28,30,34,36-37,39,41H,2-9,11,13-15,17-18,20H2,1H3/t21-,22+,23-,25-,27+,28-,30+,34+,35-/m0/s1. The lowest BCUT2D eigenvalue weighted by Crippen LogP contribution is -2.55. The lowest BCUT2D eigenvalue weighted by molar-refractivity contribution is -0.135. The molecule has 7 nitrogen and oxygen atoms in total. The summed E-state index contributed by atoms with van der Waals surface area (Å²) in [6.07, 6.45) is 9.27. The van der Waals surface area contributed by atoms with E-state index in [-0.39, 0.29) is 30.5 Å². The van der Waals surface area contributed by atoms with Crippen molar-refractivity contribution in [3.8, 4) is 23.3 Å². The Morgan fingerprint density at radius 1 is 1.02 bits per heavy atom. The minimum Gasteiger partial charge on any atom is -0.504 e. The molecule has 9 atom stereocenters. The number of piperidine rings is 1. The lowest BCUT2D eigenvalue weighted by atomic mass is 9.57. The summed E-state index contributed by atoms with van der Waals surface area (Å²) in [6, 6.07) is 3.87. The molecule has 5 aliphatic rings. The summed E-state index contributed by atoms with van der Waals surface area (Å²) >= 11 is 0. The van der Waals surface area contributed by atoms with Crippen LogP contribution in [0.1, 0.15) is 94.1 Å². The van der Waals surface area contributed by atoms with Crippen LogP contribution < -0.4 is 10.1 Å². The van der Waals surface area contributed by atoms with Crippen LogP contribution in [-0.4, -0.2) is 59.3 Å². The van der Waals surface area contributed by atoms with Crippen LogP contribution in [0.25, 0.3) is 0 Å². The van der Waals surface area contributed by atoms with E-state index in [4.69, 9.17) is 4.74 Å². The molecular formula is C35H47NO6. The highest BCUT2D eigenvalue weighted by molar-refractivity contribution is 5.89. The van der Waals surface area contributed by atoms with Crippen LogP contribution in [0.3, 0.4) is 0 Å². The summed E-state index contributed by atoms with van der Waals surface area (Å²) in [4.78, 5) is 25.9. The first kappa shape index (κ1) is 29.7. The van der Waals surface area contributed by atoms with Gasteiger partial charge in [0.1, 0.15) is 11.2 Å². The van der Waals surface area contributed by atoms with E-state index < -0.39 is 11.5 Å². The van der Waals surface area contributed by atoms with Crippen molar-refractivity contribution in [3.05, 3.63) is 23.3 Å². The maximum absolute atomic E-state index is 13.9. The second-order valence-corrected chi connectivity index (χ2v) is 13.8. The van der Waals surface area contributed by atoms with Gasteiger partial charge in [-0.05, 0) is 124 Å². The Labute approximate surface area is 249 Å². The zero-order valence-corrected chi connectivity index (χ0v) is 24.9. The van der Waals surface area contributed by atoms with Gasteiger partial charge in [0.2, 0.25) is 0 Å². The summed E-state index contributed by atoms with van der Waals surface area (Å²) in [5, 5.41) is 35.5. The number of benzene rings is 1. The number of carbonyl (C=O) groups excluding carboxylic acids is 2. The number of methoxy groups -OCH3 is 1. The molecule has 1 heterocycles. The number of carbonyl (C=O) groups is 2. The van der Waals surface area contributed by atoms with Crippen LogP contribution in [0.2, 0.25) is 0 Å². The first-order chi connectivity index (χ1) is 20.3. The van der Waals surface area contributed by atoms with Gasteiger partial charge < -0.3 is 25.4 Å². The van der Waals surface area contributed by atoms with Gasteiger partial charge in [-0.1, -0.05) is 11.8 Å². The SMILES string of the molecule is COc1cc2c(cc1O)[C@@H](CCCO)C#C[C@]1(CC[C@H]([C@@H]3CC[C@@H]4[C@H](CN[C@@H]5CC(=O)CC[C@@H]45)C3)C[C@H]1O)C(=O)CC2. The van der Waals surface area contributed by atoms with Crippen LogP contribution in [0.5, 0.6) is 11.5 Å². The van der Waals surface area contributed by atoms with Crippen molar-refractivity contribution in [2.24, 2.45) is 35.0 Å². The summed E-state index contributed by atoms with van der Waals surface area (Å²) in [5.41, 5.74) is 0.746. The molecule has 4 aliphatic carbocycles. The Morgan fingerprint density at radius 3 is 2.64 bits per heavy atom. The second kappa shape index (κ2) is 12.3. The first-order valence-corrected chi connectivity index (χ1v) is 16.3. The topological polar surface area (TPSA) is 116 Å². The van der Waals surface area contributed by atoms with Gasteiger partial charge in [0.15, 0.2) is 17.3 Å². The number of hydrogen-bond donors (Lipinski definition) is 4. The summed E-state index contributed by atoms with van der Waals surface area (Å²) < 4.78 is 5.35. The number of phenolic OH excluding ortho intramolecular Hbond substituents is 1. The maximum Gasteiger partial charge on any atom is 0.160 e. The van der Waals surface area contributed by atoms with Crippen molar-refractivity contribution in [2.45, 2.75) is 102 Å². The van der Waals surface area contributed by atoms with Crippen LogP contribution in [0.15, 0.2) is 12.1 Å². The highest BCUT2D eigenvalue weighted by atomic mass is 16.5. The Kier molecular flexibility index (Phi) is 8.69. The van der Waals surface area contributed by atoms with E-state index in [9.17, 15) is 24.9 Å². The number of aliphatic hydroxyl groups excluding tert-OH is 2. The minimum absolute atomic E-state index is 0.0137. The van der Waals surface area contributed by atoms with Crippen LogP contribution in [-0.2, 0) is 16.0 Å². The summed E-state index contributed by atoms with van der Waals surface area (Å²) in [7, 11) is 1.51. The molecule has 1 aromatic rings. The van der Waals surface area contributed by atoms with E-state index in [1.165, 1.54) is 26.4 Å². The smallest absolute Gasteiger partial charge is 0.160 e. The molecule has 1 aromatic carbocycles. The number of Topliss-reactive ketones (excluding diaryl/α,β-unsaturated/α-hetero) is 2. The van der Waals surface area contributed by atoms with Crippen molar-refractivity contribution in [1.29, 1.82) is 0 Å². The van der Waals surface area contributed by atoms with Crippen LogP contribution >= 0.6 is 0 Å². The van der Waals surface area contributed by atoms with Gasteiger partial charge in [-0.2, -0.15) is 0 Å². The fourth-order valence-electron chi connectivity index (χ4n) is 9.39. The minimum atomic E-state index is -1.06. The Bertz CT molecular complexity index is 1250. The molecule has 0 radical (unpaired) electrons. The third kappa shape index (κ3) is 5.51. The quantitative estimate of drug-likeness (QED) is 0.386. The van der Waals surface area contributed by atoms with Crippen molar-refractivity contribution < 1.29 is 29.6 Å². The summed E-state index contributed by atoms with van der Waals surface area (Å²) in [5.74, 6) is 10.2. The third-order valence-electron chi connectivity index (χ3n) is 11.7. The third-order valence-corrected chi connectivity index (χ3v) is 11.7. The molecule has 0 unspecified atom stereocenters. The van der Waals surface area contributed by atoms with E-state index in [1.54, 1.807) is 12.1 Å². The number of phenols is 1. The van der Waals surface area contributed by atoms with Gasteiger partial charge in [-0.3, -0.25) is 9.59 Å². The normalized spacial score (nSPS) is 38.2. The lowest BCUT2D eigenvalue weighted by Gasteiger charge is -2.51. The number of ether oxygens (including phenoxy) is 1. The number of aryl methyl sites for hydroxylation is 1. The molecular weight excluding hydrogens is 530 g/mol. The number of hydrogen-bond acceptors (Lipinski definition) is 7. The number of rotatable bonds is 5. The predicted octanol–water partition coefficient (Wildman–Crippen LogP) is 4.30. The molecule has 42 heavy (non-hydrogen) atoms. The zero-order valence-electron chi connectivity index (χ0n) is 24.9. The number of fused-ring (bicyclic) bond motifs is 4. The number of nitrogens with one attached hydrogen (secondary N) is 1. The monoisotopic (exact) mass is 577 g/mol. The largest absolute Gasteiger partial charge is 0.504 e. The van der Waals surface area contributed by atoms with Crippen LogP contribution in [0.4, 0.5) is 0 Å². The average molecular weight is 578 g/mol. The maximum atomic E-state index is 13.9. The summed E-state index contributed by atoms with van der Waals surface area (Å²) in [6.45, 7) is 1.04. The zero-order chi connectivity index (χ0) is 29.4. The molecule has 1 saturated heterocycles. The highest BCUT2D eigenvalue weighted by Gasteiger charge is 2.51. The van der Waals surface area contributed by atoms with E-state index >= 15 is 0 Å². The number of ketones is 2. The van der Waals surface area contributed by atoms with Gasteiger partial charge >= 0.3 is 0 Å². The molecule has 4 fully saturated rings. The Morgan fingerprint density at radius 2 is 1.86 bits per heavy atom. The predicted molar refractivity (Wildman–Crippen MR) is 159 cm³/mol. The Balaban J connectivity index is 1.18. The molecule has 6 rings (SSSR count). The van der Waals surface area contributed by atoms with Crippen molar-refractivity contribution in [2.75, 3.05) is 20.3 Å². The van der Waals surface area contributed by atoms with Gasteiger partial charge in [0, 0.05) is 37.8 Å². The molecule has 4 N–H and O–H groups in total. The van der Waals surface area contributed by atoms with Gasteiger partial charge in [0.05, 0.1) is 13.2 Å². The fourth-order valence-corrected chi connectivity index (χ4v) is 9.39. The average Bonchev–Trinajstić information content (AvgIpc) is 3.04. The van der Waals surface area contributed by atoms with Gasteiger partial charge in [0.25, 0.3) is 0 Å². The molecule has 0 aromatic heterocycles. The van der Waals surface area contributed by atoms with Crippen molar-refractivity contribution in [3.63, 3.8) is 0 Å². The van der Waals surface area contributed by atoms with E-state index in [0.29, 0.717) is 85.7 Å². The molecule has 0 bridgehead atoms. The molecule has 3 saturated carbocycles. The van der Waals surface area contributed by atoms with Crippen LogP contribution in [0, 0.1) is 46.8 Å². The van der Waals surface area contributed by atoms with E-state index in [1.807, 2.05) is 0 Å². The Hall–Kier alpha value is -2.40. The molecule has 7 heteroatoms. The number of aliphatic hydroxyl groups is 2. The van der Waals surface area contributed by atoms with Crippen molar-refractivity contribution in [1.82, 2.24) is 5.32 Å². The number of aromatic hydroxyl groups is 1. The molecule has 1 spiro atoms. The second-order valence-electron chi connectivity index (χ2n) is 13.8. The van der Waals surface area contributed by atoms with E-state index in [0.717, 1.165) is 36.9 Å².